The summed E-state index contributed by atoms with van der Waals surface area (Å²) in [6.45, 7) is 3.01. The van der Waals surface area contributed by atoms with Gasteiger partial charge in [0.25, 0.3) is 0 Å². The number of ether oxygens (including phenoxy) is 1. The van der Waals surface area contributed by atoms with Crippen LogP contribution in [0.2, 0.25) is 0 Å². The van der Waals surface area contributed by atoms with E-state index >= 15 is 0 Å². The molecule has 0 amide bonds. The number of hydrogen-bond donors (Lipinski definition) is 1. The van der Waals surface area contributed by atoms with Crippen molar-refractivity contribution in [3.8, 4) is 5.75 Å². The van der Waals surface area contributed by atoms with E-state index in [9.17, 15) is 26.4 Å². The van der Waals surface area contributed by atoms with Crippen LogP contribution >= 0.6 is 0 Å². The zero-order valence-corrected chi connectivity index (χ0v) is 12.9. The van der Waals surface area contributed by atoms with Gasteiger partial charge in [-0.3, -0.25) is 5.43 Å². The summed E-state index contributed by atoms with van der Waals surface area (Å²) in [6.07, 6.45) is 0. The maximum Gasteiger partial charge on any atom is 0.534 e. The van der Waals surface area contributed by atoms with E-state index in [1.54, 1.807) is 6.92 Å². The van der Waals surface area contributed by atoms with Crippen LogP contribution in [-0.4, -0.2) is 32.2 Å². The maximum absolute atomic E-state index is 12.3. The number of hydrazone groups is 1. The number of halogens is 3. The monoisotopic (exact) mass is 354 g/mol. The van der Waals surface area contributed by atoms with E-state index in [2.05, 4.69) is 19.4 Å². The Hall–Kier alpha value is -2.30. The van der Waals surface area contributed by atoms with E-state index in [4.69, 9.17) is 0 Å². The number of nitrogens with one attached hydrogen (secondary N) is 1. The fraction of sp³-hybridized carbons (Fsp3) is 0.333. The molecule has 1 N–H and O–H groups in total. The van der Waals surface area contributed by atoms with Gasteiger partial charge in [-0.2, -0.15) is 26.7 Å². The number of rotatable bonds is 6. The summed E-state index contributed by atoms with van der Waals surface area (Å²) in [6, 6.07) is 4.91. The summed E-state index contributed by atoms with van der Waals surface area (Å²) in [5.74, 6) is -1.36. The molecule has 0 atom stereocenters. The lowest BCUT2D eigenvalue weighted by Gasteiger charge is -2.12. The van der Waals surface area contributed by atoms with Crippen LogP contribution in [0.3, 0.4) is 0 Å². The molecule has 0 bridgehead atoms. The zero-order valence-electron chi connectivity index (χ0n) is 12.0. The van der Waals surface area contributed by atoms with E-state index in [-0.39, 0.29) is 18.0 Å². The number of carbonyl (C=O) groups excluding carboxylic acids is 1. The minimum absolute atomic E-state index is 0.111. The highest BCUT2D eigenvalue weighted by atomic mass is 32.2. The van der Waals surface area contributed by atoms with Gasteiger partial charge in [0, 0.05) is 0 Å². The number of carbonyl (C=O) groups is 1. The molecule has 0 aliphatic carbocycles. The van der Waals surface area contributed by atoms with Crippen molar-refractivity contribution in [2.75, 3.05) is 12.0 Å². The van der Waals surface area contributed by atoms with E-state index in [0.717, 1.165) is 6.07 Å². The first-order chi connectivity index (χ1) is 10.6. The van der Waals surface area contributed by atoms with Gasteiger partial charge in [0.05, 0.1) is 12.3 Å². The molecule has 0 saturated carbocycles. The second-order valence-electron chi connectivity index (χ2n) is 4.01. The van der Waals surface area contributed by atoms with Gasteiger partial charge in [-0.05, 0) is 26.0 Å². The third kappa shape index (κ3) is 5.13. The molecular formula is C12H13F3N2O5S. The van der Waals surface area contributed by atoms with Gasteiger partial charge in [-0.25, -0.2) is 4.79 Å². The molecule has 128 valence electrons. The highest BCUT2D eigenvalue weighted by Gasteiger charge is 2.48. The van der Waals surface area contributed by atoms with Crippen molar-refractivity contribution in [3.05, 3.63) is 24.3 Å². The topological polar surface area (TPSA) is 94.1 Å². The number of esters is 1. The van der Waals surface area contributed by atoms with Crippen molar-refractivity contribution >= 4 is 27.5 Å². The Morgan fingerprint density at radius 2 is 1.91 bits per heavy atom. The molecule has 0 fully saturated rings. The Morgan fingerprint density at radius 3 is 2.48 bits per heavy atom. The molecule has 0 aliphatic rings. The highest BCUT2D eigenvalue weighted by Crippen LogP contribution is 2.31. The molecule has 0 aliphatic heterocycles. The number of nitrogens with zero attached hydrogens (tertiary/aromatic N) is 1. The molecule has 1 aromatic rings. The van der Waals surface area contributed by atoms with E-state index < -0.39 is 27.3 Å². The predicted octanol–water partition coefficient (Wildman–Crippen LogP) is 2.27. The lowest BCUT2D eigenvalue weighted by molar-refractivity contribution is -0.135. The van der Waals surface area contributed by atoms with Crippen molar-refractivity contribution in [2.24, 2.45) is 5.10 Å². The molecular weight excluding hydrogens is 341 g/mol. The van der Waals surface area contributed by atoms with E-state index in [1.807, 2.05) is 0 Å². The average molecular weight is 354 g/mol. The summed E-state index contributed by atoms with van der Waals surface area (Å²) < 4.78 is 67.7. The Labute approximate surface area is 130 Å². The summed E-state index contributed by atoms with van der Waals surface area (Å²) >= 11 is 0. The standard InChI is InChI=1S/C12H13F3N2O5S/c1-3-21-11(18)8(2)16-17-9-6-4-5-7-10(9)22-23(19,20)12(13,14)15/h4-7,17H,3H2,1-2H3/b16-8+. The second kappa shape index (κ2) is 7.31. The summed E-state index contributed by atoms with van der Waals surface area (Å²) in [7, 11) is -5.82. The fourth-order valence-electron chi connectivity index (χ4n) is 1.22. The first-order valence-corrected chi connectivity index (χ1v) is 7.56. The predicted molar refractivity (Wildman–Crippen MR) is 75.4 cm³/mol. The second-order valence-corrected chi connectivity index (χ2v) is 5.55. The van der Waals surface area contributed by atoms with Crippen LogP contribution in [0.5, 0.6) is 5.75 Å². The number of benzene rings is 1. The normalized spacial score (nSPS) is 12.7. The lowest BCUT2D eigenvalue weighted by Crippen LogP contribution is -2.28. The Kier molecular flexibility index (Phi) is 5.96. The van der Waals surface area contributed by atoms with Crippen LogP contribution in [0.1, 0.15) is 13.8 Å². The van der Waals surface area contributed by atoms with Crippen LogP contribution in [0.25, 0.3) is 0 Å². The quantitative estimate of drug-likeness (QED) is 0.277. The van der Waals surface area contributed by atoms with Crippen molar-refractivity contribution < 1.29 is 35.3 Å². The number of hydrogen-bond acceptors (Lipinski definition) is 7. The van der Waals surface area contributed by atoms with E-state index in [0.29, 0.717) is 0 Å². The number of alkyl halides is 3. The largest absolute Gasteiger partial charge is 0.534 e. The van der Waals surface area contributed by atoms with Crippen LogP contribution in [-0.2, 0) is 19.6 Å². The van der Waals surface area contributed by atoms with Gasteiger partial charge in [-0.1, -0.05) is 12.1 Å². The first-order valence-electron chi connectivity index (χ1n) is 6.15. The van der Waals surface area contributed by atoms with Crippen molar-refractivity contribution in [1.29, 1.82) is 0 Å². The molecule has 0 saturated heterocycles. The minimum Gasteiger partial charge on any atom is -0.461 e. The smallest absolute Gasteiger partial charge is 0.461 e. The van der Waals surface area contributed by atoms with Gasteiger partial charge < -0.3 is 8.92 Å². The van der Waals surface area contributed by atoms with Gasteiger partial charge in [0.1, 0.15) is 5.71 Å². The van der Waals surface area contributed by atoms with Crippen LogP contribution < -0.4 is 9.61 Å². The summed E-state index contributed by atoms with van der Waals surface area (Å²) in [5, 5.41) is 3.60. The molecule has 0 unspecified atom stereocenters. The van der Waals surface area contributed by atoms with Crippen LogP contribution in [0.4, 0.5) is 18.9 Å². The Balaban J connectivity index is 3.00. The summed E-state index contributed by atoms with van der Waals surface area (Å²) in [5.41, 5.74) is -3.60. The van der Waals surface area contributed by atoms with Gasteiger partial charge in [0.15, 0.2) is 5.75 Å². The number of anilines is 1. The summed E-state index contributed by atoms with van der Waals surface area (Å²) in [4.78, 5) is 11.3. The van der Waals surface area contributed by atoms with Crippen molar-refractivity contribution in [3.63, 3.8) is 0 Å². The fourth-order valence-corrected chi connectivity index (χ4v) is 1.70. The van der Waals surface area contributed by atoms with Crippen molar-refractivity contribution in [2.45, 2.75) is 19.4 Å². The van der Waals surface area contributed by atoms with E-state index in [1.165, 1.54) is 25.1 Å². The molecule has 0 heterocycles. The van der Waals surface area contributed by atoms with Crippen LogP contribution in [0.15, 0.2) is 29.4 Å². The van der Waals surface area contributed by atoms with Gasteiger partial charge in [-0.15, -0.1) is 0 Å². The molecule has 1 rings (SSSR count). The molecule has 11 heteroatoms. The zero-order chi connectivity index (χ0) is 17.7. The SMILES string of the molecule is CCOC(=O)/C(C)=N/Nc1ccccc1OS(=O)(=O)C(F)(F)F. The molecule has 7 nitrogen and oxygen atoms in total. The molecule has 1 aromatic carbocycles. The first kappa shape index (κ1) is 18.7. The third-order valence-corrected chi connectivity index (χ3v) is 3.25. The molecule has 0 radical (unpaired) electrons. The average Bonchev–Trinajstić information content (AvgIpc) is 2.44. The molecule has 0 aromatic heterocycles. The minimum atomic E-state index is -5.82. The lowest BCUT2D eigenvalue weighted by atomic mass is 10.3. The Morgan fingerprint density at radius 1 is 1.30 bits per heavy atom. The maximum atomic E-state index is 12.3. The third-order valence-electron chi connectivity index (χ3n) is 2.28. The van der Waals surface area contributed by atoms with Gasteiger partial charge in [0.2, 0.25) is 0 Å². The number of para-hydroxylation sites is 2. The van der Waals surface area contributed by atoms with Gasteiger partial charge >= 0.3 is 21.6 Å². The van der Waals surface area contributed by atoms with Crippen molar-refractivity contribution in [1.82, 2.24) is 0 Å². The molecule has 23 heavy (non-hydrogen) atoms. The van der Waals surface area contributed by atoms with Crippen LogP contribution in [0, 0.1) is 0 Å². The highest BCUT2D eigenvalue weighted by molar-refractivity contribution is 7.88. The molecule has 0 spiro atoms. The Bertz CT molecular complexity index is 701.